The van der Waals surface area contributed by atoms with Gasteiger partial charge in [0.25, 0.3) is 0 Å². The summed E-state index contributed by atoms with van der Waals surface area (Å²) >= 11 is 0. The summed E-state index contributed by atoms with van der Waals surface area (Å²) in [6.07, 6.45) is 8.06. The fourth-order valence-corrected chi connectivity index (χ4v) is 2.51. The third-order valence-electron chi connectivity index (χ3n) is 3.62. The van der Waals surface area contributed by atoms with Crippen molar-refractivity contribution in [1.82, 2.24) is 15.0 Å². The monoisotopic (exact) mass is 329 g/mol. The molecule has 0 aliphatic heterocycles. The molecule has 0 fully saturated rings. The van der Waals surface area contributed by atoms with Gasteiger partial charge in [0.2, 0.25) is 5.88 Å². The van der Waals surface area contributed by atoms with Gasteiger partial charge in [0.05, 0.1) is 12.3 Å². The third kappa shape index (κ3) is 5.37. The Hall–Kier alpha value is -2.37. The Morgan fingerprint density at radius 1 is 1.12 bits per heavy atom. The van der Waals surface area contributed by atoms with Gasteiger partial charge in [0.15, 0.2) is 0 Å². The SMILES string of the molecule is CCCN(CCC)c1cc(NC)nc(OCCc2cnccn2)c1. The molecule has 0 saturated heterocycles. The van der Waals surface area contributed by atoms with E-state index in [0.717, 1.165) is 43.1 Å². The summed E-state index contributed by atoms with van der Waals surface area (Å²) in [6.45, 7) is 6.97. The molecule has 0 aliphatic carbocycles. The van der Waals surface area contributed by atoms with Crippen molar-refractivity contribution in [2.45, 2.75) is 33.1 Å². The molecule has 0 aliphatic rings. The maximum absolute atomic E-state index is 5.85. The standard InChI is InChI=1S/C18H27N5O/c1-4-9-23(10-5-2)16-12-17(19-3)22-18(13-16)24-11-6-15-14-20-7-8-21-15/h7-8,12-14H,4-6,9-11H2,1-3H3,(H,19,22). The number of hydrogen-bond acceptors (Lipinski definition) is 6. The largest absolute Gasteiger partial charge is 0.477 e. The fraction of sp³-hybridized carbons (Fsp3) is 0.500. The molecule has 0 saturated carbocycles. The van der Waals surface area contributed by atoms with Crippen LogP contribution in [0.1, 0.15) is 32.4 Å². The second-order valence-corrected chi connectivity index (χ2v) is 5.58. The van der Waals surface area contributed by atoms with Crippen molar-refractivity contribution < 1.29 is 4.74 Å². The molecule has 0 bridgehead atoms. The highest BCUT2D eigenvalue weighted by atomic mass is 16.5. The van der Waals surface area contributed by atoms with Crippen LogP contribution in [0.3, 0.4) is 0 Å². The van der Waals surface area contributed by atoms with Crippen molar-refractivity contribution in [1.29, 1.82) is 0 Å². The van der Waals surface area contributed by atoms with E-state index in [-0.39, 0.29) is 0 Å². The zero-order valence-electron chi connectivity index (χ0n) is 14.8. The van der Waals surface area contributed by atoms with Crippen molar-refractivity contribution in [2.75, 3.05) is 37.0 Å². The summed E-state index contributed by atoms with van der Waals surface area (Å²) in [5, 5.41) is 3.11. The number of aromatic nitrogens is 3. The van der Waals surface area contributed by atoms with E-state index in [1.807, 2.05) is 13.1 Å². The Labute approximate surface area is 144 Å². The Balaban J connectivity index is 2.06. The predicted octanol–water partition coefficient (Wildman–Crippen LogP) is 3.16. The highest BCUT2D eigenvalue weighted by Gasteiger charge is 2.09. The third-order valence-corrected chi connectivity index (χ3v) is 3.62. The molecule has 130 valence electrons. The molecular formula is C18H27N5O. The first-order chi connectivity index (χ1) is 11.8. The van der Waals surface area contributed by atoms with E-state index in [9.17, 15) is 0 Å². The lowest BCUT2D eigenvalue weighted by molar-refractivity contribution is 0.308. The summed E-state index contributed by atoms with van der Waals surface area (Å²) in [5.41, 5.74) is 2.06. The quantitative estimate of drug-likeness (QED) is 0.722. The number of ether oxygens (including phenoxy) is 1. The van der Waals surface area contributed by atoms with Crippen molar-refractivity contribution in [3.63, 3.8) is 0 Å². The normalized spacial score (nSPS) is 10.5. The molecule has 0 spiro atoms. The van der Waals surface area contributed by atoms with Crippen LogP contribution in [0.5, 0.6) is 5.88 Å². The van der Waals surface area contributed by atoms with E-state index in [2.05, 4.69) is 45.1 Å². The summed E-state index contributed by atoms with van der Waals surface area (Å²) in [6, 6.07) is 4.09. The average molecular weight is 329 g/mol. The first kappa shape index (κ1) is 18.0. The van der Waals surface area contributed by atoms with Gasteiger partial charge in [-0.05, 0) is 12.8 Å². The summed E-state index contributed by atoms with van der Waals surface area (Å²) in [4.78, 5) is 15.2. The minimum Gasteiger partial charge on any atom is -0.477 e. The van der Waals surface area contributed by atoms with E-state index in [0.29, 0.717) is 18.9 Å². The van der Waals surface area contributed by atoms with Crippen molar-refractivity contribution in [3.05, 3.63) is 36.4 Å². The van der Waals surface area contributed by atoms with Crippen LogP contribution in [-0.2, 0) is 6.42 Å². The first-order valence-electron chi connectivity index (χ1n) is 8.59. The van der Waals surface area contributed by atoms with E-state index in [1.54, 1.807) is 18.6 Å². The van der Waals surface area contributed by atoms with Gasteiger partial charge in [0, 0.05) is 63.0 Å². The molecule has 0 aromatic carbocycles. The molecule has 24 heavy (non-hydrogen) atoms. The summed E-state index contributed by atoms with van der Waals surface area (Å²) in [7, 11) is 1.87. The van der Waals surface area contributed by atoms with Crippen LogP contribution < -0.4 is 15.0 Å². The van der Waals surface area contributed by atoms with Crippen LogP contribution in [0, 0.1) is 0 Å². The summed E-state index contributed by atoms with van der Waals surface area (Å²) in [5.74, 6) is 1.46. The molecule has 0 radical (unpaired) electrons. The average Bonchev–Trinajstić information content (AvgIpc) is 2.62. The van der Waals surface area contributed by atoms with Gasteiger partial charge in [-0.2, -0.15) is 4.98 Å². The van der Waals surface area contributed by atoms with Crippen LogP contribution in [0.15, 0.2) is 30.7 Å². The maximum Gasteiger partial charge on any atom is 0.217 e. The molecule has 2 aromatic heterocycles. The van der Waals surface area contributed by atoms with Crippen LogP contribution in [-0.4, -0.2) is 41.7 Å². The number of anilines is 2. The maximum atomic E-state index is 5.85. The second kappa shape index (κ2) is 9.70. The van der Waals surface area contributed by atoms with E-state index >= 15 is 0 Å². The lowest BCUT2D eigenvalue weighted by Gasteiger charge is -2.24. The Bertz CT molecular complexity index is 600. The van der Waals surface area contributed by atoms with Crippen LogP contribution >= 0.6 is 0 Å². The Kier molecular flexibility index (Phi) is 7.26. The molecule has 2 rings (SSSR count). The van der Waals surface area contributed by atoms with Gasteiger partial charge in [-0.3, -0.25) is 9.97 Å². The van der Waals surface area contributed by atoms with Gasteiger partial charge in [-0.15, -0.1) is 0 Å². The zero-order chi connectivity index (χ0) is 17.2. The smallest absolute Gasteiger partial charge is 0.217 e. The van der Waals surface area contributed by atoms with Gasteiger partial charge in [0.1, 0.15) is 5.82 Å². The minimum absolute atomic E-state index is 0.528. The molecule has 2 aromatic rings. The summed E-state index contributed by atoms with van der Waals surface area (Å²) < 4.78 is 5.85. The van der Waals surface area contributed by atoms with Crippen LogP contribution in [0.4, 0.5) is 11.5 Å². The van der Waals surface area contributed by atoms with Crippen molar-refractivity contribution >= 4 is 11.5 Å². The van der Waals surface area contributed by atoms with Gasteiger partial charge in [-0.1, -0.05) is 13.8 Å². The fourth-order valence-electron chi connectivity index (χ4n) is 2.51. The molecule has 6 nitrogen and oxygen atoms in total. The van der Waals surface area contributed by atoms with Gasteiger partial charge < -0.3 is 15.0 Å². The molecular weight excluding hydrogens is 302 g/mol. The number of pyridine rings is 1. The topological polar surface area (TPSA) is 63.2 Å². The van der Waals surface area contributed by atoms with E-state index in [1.165, 1.54) is 0 Å². The number of rotatable bonds is 10. The number of nitrogens with one attached hydrogen (secondary N) is 1. The molecule has 0 amide bonds. The lowest BCUT2D eigenvalue weighted by Crippen LogP contribution is -2.25. The molecule has 1 N–H and O–H groups in total. The number of nitrogens with zero attached hydrogens (tertiary/aromatic N) is 4. The van der Waals surface area contributed by atoms with Gasteiger partial charge in [-0.25, -0.2) is 0 Å². The minimum atomic E-state index is 0.528. The van der Waals surface area contributed by atoms with Crippen molar-refractivity contribution in [3.8, 4) is 5.88 Å². The second-order valence-electron chi connectivity index (χ2n) is 5.58. The van der Waals surface area contributed by atoms with E-state index < -0.39 is 0 Å². The Morgan fingerprint density at radius 3 is 2.54 bits per heavy atom. The number of hydrogen-bond donors (Lipinski definition) is 1. The molecule has 2 heterocycles. The Morgan fingerprint density at radius 2 is 1.92 bits per heavy atom. The van der Waals surface area contributed by atoms with Crippen LogP contribution in [0.25, 0.3) is 0 Å². The highest BCUT2D eigenvalue weighted by Crippen LogP contribution is 2.24. The molecule has 0 atom stereocenters. The molecule has 6 heteroatoms. The predicted molar refractivity (Wildman–Crippen MR) is 97.8 cm³/mol. The van der Waals surface area contributed by atoms with Gasteiger partial charge >= 0.3 is 0 Å². The zero-order valence-corrected chi connectivity index (χ0v) is 14.8. The van der Waals surface area contributed by atoms with Crippen molar-refractivity contribution in [2.24, 2.45) is 0 Å². The first-order valence-corrected chi connectivity index (χ1v) is 8.59. The lowest BCUT2D eigenvalue weighted by atomic mass is 10.2. The molecule has 0 unspecified atom stereocenters. The highest BCUT2D eigenvalue weighted by molar-refractivity contribution is 5.56. The van der Waals surface area contributed by atoms with Crippen LogP contribution in [0.2, 0.25) is 0 Å². The van der Waals surface area contributed by atoms with E-state index in [4.69, 9.17) is 4.74 Å².